The van der Waals surface area contributed by atoms with Gasteiger partial charge in [-0.15, -0.1) is 10.2 Å². The number of nitrogens with zero attached hydrogens (tertiary/aromatic N) is 3. The van der Waals surface area contributed by atoms with E-state index in [1.54, 1.807) is 0 Å². The fourth-order valence-electron chi connectivity index (χ4n) is 1.62. The highest BCUT2D eigenvalue weighted by Gasteiger charge is 2.31. The first-order chi connectivity index (χ1) is 8.84. The van der Waals surface area contributed by atoms with E-state index >= 15 is 0 Å². The summed E-state index contributed by atoms with van der Waals surface area (Å²) in [6, 6.07) is 3.34. The average Bonchev–Trinajstić information content (AvgIpc) is 2.69. The summed E-state index contributed by atoms with van der Waals surface area (Å²) in [6.45, 7) is 1.82. The monoisotopic (exact) mass is 353 g/mol. The topological polar surface area (TPSA) is 30.7 Å². The number of hydrogen-bond donors (Lipinski definition) is 0. The Morgan fingerprint density at radius 2 is 2.00 bits per heavy atom. The minimum absolute atomic E-state index is 0.0249. The van der Waals surface area contributed by atoms with Crippen LogP contribution in [0, 0.1) is 0 Å². The van der Waals surface area contributed by atoms with Crippen LogP contribution in [0.2, 0.25) is 5.28 Å². The van der Waals surface area contributed by atoms with E-state index in [2.05, 4.69) is 26.1 Å². The number of benzene rings is 1. The van der Waals surface area contributed by atoms with E-state index in [-0.39, 0.29) is 11.0 Å². The summed E-state index contributed by atoms with van der Waals surface area (Å²) in [6.07, 6.45) is -3.91. The zero-order chi connectivity index (χ0) is 14.2. The van der Waals surface area contributed by atoms with Gasteiger partial charge in [-0.2, -0.15) is 13.2 Å². The summed E-state index contributed by atoms with van der Waals surface area (Å²) in [5.41, 5.74) is -0.487. The third-order valence-corrected chi connectivity index (χ3v) is 3.44. The van der Waals surface area contributed by atoms with Crippen molar-refractivity contribution in [2.45, 2.75) is 19.5 Å². The highest BCUT2D eigenvalue weighted by molar-refractivity contribution is 9.10. The maximum Gasteiger partial charge on any atom is 0.416 e. The first-order valence-electron chi connectivity index (χ1n) is 5.31. The van der Waals surface area contributed by atoms with Crippen LogP contribution in [0.1, 0.15) is 18.3 Å². The second-order valence-electron chi connectivity index (χ2n) is 3.74. The van der Waals surface area contributed by atoms with Gasteiger partial charge in [0.05, 0.1) is 11.3 Å². The van der Waals surface area contributed by atoms with Gasteiger partial charge in [-0.05, 0) is 45.7 Å². The zero-order valence-corrected chi connectivity index (χ0v) is 12.0. The number of halogens is 5. The molecular formula is C11H8BrClF3N3. The summed E-state index contributed by atoms with van der Waals surface area (Å²) in [4.78, 5) is 0. The Hall–Kier alpha value is -1.08. The Labute approximate surface area is 120 Å². The van der Waals surface area contributed by atoms with Crippen LogP contribution in [0.15, 0.2) is 22.7 Å². The minimum Gasteiger partial charge on any atom is -0.269 e. The van der Waals surface area contributed by atoms with Gasteiger partial charge in [-0.3, -0.25) is 4.57 Å². The molecule has 1 aromatic heterocycles. The van der Waals surface area contributed by atoms with Crippen LogP contribution in [-0.2, 0) is 12.6 Å². The summed E-state index contributed by atoms with van der Waals surface area (Å²) in [5.74, 6) is 0.491. The standard InChI is InChI=1S/C11H8BrClF3N3/c1-2-9-17-18-10(13)19(9)8-5-6(11(14,15)16)3-4-7(8)12/h3-5H,2H2,1H3. The molecule has 0 N–H and O–H groups in total. The Balaban J connectivity index is 2.64. The number of aromatic nitrogens is 3. The number of hydrogen-bond acceptors (Lipinski definition) is 2. The molecule has 3 nitrogen and oxygen atoms in total. The van der Waals surface area contributed by atoms with Crippen molar-refractivity contribution < 1.29 is 13.2 Å². The molecule has 0 radical (unpaired) electrons. The third kappa shape index (κ3) is 2.76. The molecule has 0 spiro atoms. The van der Waals surface area contributed by atoms with Crippen molar-refractivity contribution in [2.75, 3.05) is 0 Å². The number of rotatable bonds is 2. The molecule has 8 heteroatoms. The lowest BCUT2D eigenvalue weighted by Crippen LogP contribution is -2.08. The molecule has 1 aromatic carbocycles. The van der Waals surface area contributed by atoms with Crippen molar-refractivity contribution in [3.63, 3.8) is 0 Å². The molecule has 19 heavy (non-hydrogen) atoms. The average molecular weight is 355 g/mol. The van der Waals surface area contributed by atoms with Gasteiger partial charge in [0.1, 0.15) is 5.82 Å². The predicted molar refractivity (Wildman–Crippen MR) is 68.4 cm³/mol. The van der Waals surface area contributed by atoms with Gasteiger partial charge >= 0.3 is 6.18 Å². The van der Waals surface area contributed by atoms with Gasteiger partial charge in [0.25, 0.3) is 0 Å². The van der Waals surface area contributed by atoms with Crippen molar-refractivity contribution in [1.82, 2.24) is 14.8 Å². The van der Waals surface area contributed by atoms with Crippen molar-refractivity contribution >= 4 is 27.5 Å². The lowest BCUT2D eigenvalue weighted by molar-refractivity contribution is -0.137. The fraction of sp³-hybridized carbons (Fsp3) is 0.273. The summed E-state index contributed by atoms with van der Waals surface area (Å²) in [7, 11) is 0. The number of alkyl halides is 3. The van der Waals surface area contributed by atoms with Gasteiger partial charge in [-0.25, -0.2) is 0 Å². The van der Waals surface area contributed by atoms with Crippen LogP contribution in [0.5, 0.6) is 0 Å². The molecule has 0 saturated carbocycles. The molecule has 0 aliphatic heterocycles. The largest absolute Gasteiger partial charge is 0.416 e. The van der Waals surface area contributed by atoms with Crippen molar-refractivity contribution in [3.05, 3.63) is 39.3 Å². The normalized spacial score (nSPS) is 11.9. The molecule has 1 heterocycles. The van der Waals surface area contributed by atoms with Crippen LogP contribution in [0.3, 0.4) is 0 Å². The zero-order valence-electron chi connectivity index (χ0n) is 9.67. The second kappa shape index (κ2) is 5.13. The van der Waals surface area contributed by atoms with Crippen LogP contribution >= 0.6 is 27.5 Å². The van der Waals surface area contributed by atoms with Crippen LogP contribution in [0.4, 0.5) is 13.2 Å². The Kier molecular flexibility index (Phi) is 3.87. The molecule has 0 aliphatic carbocycles. The third-order valence-electron chi connectivity index (χ3n) is 2.52. The smallest absolute Gasteiger partial charge is 0.269 e. The Bertz CT molecular complexity index is 610. The van der Waals surface area contributed by atoms with Crippen molar-refractivity contribution in [3.8, 4) is 5.69 Å². The van der Waals surface area contributed by atoms with E-state index in [1.165, 1.54) is 10.6 Å². The molecule has 0 unspecified atom stereocenters. The summed E-state index contributed by atoms with van der Waals surface area (Å²) < 4.78 is 40.1. The first kappa shape index (κ1) is 14.3. The molecule has 0 atom stereocenters. The Morgan fingerprint density at radius 3 is 2.58 bits per heavy atom. The van der Waals surface area contributed by atoms with E-state index in [1.807, 2.05) is 6.92 Å². The highest BCUT2D eigenvalue weighted by atomic mass is 79.9. The van der Waals surface area contributed by atoms with Gasteiger partial charge < -0.3 is 0 Å². The molecule has 102 valence electrons. The summed E-state index contributed by atoms with van der Waals surface area (Å²) >= 11 is 9.10. The summed E-state index contributed by atoms with van der Waals surface area (Å²) in [5, 5.41) is 7.52. The van der Waals surface area contributed by atoms with Crippen molar-refractivity contribution in [1.29, 1.82) is 0 Å². The lowest BCUT2D eigenvalue weighted by Gasteiger charge is -2.13. The second-order valence-corrected chi connectivity index (χ2v) is 4.93. The lowest BCUT2D eigenvalue weighted by atomic mass is 10.2. The van der Waals surface area contributed by atoms with Crippen LogP contribution < -0.4 is 0 Å². The molecule has 2 aromatic rings. The van der Waals surface area contributed by atoms with Crippen molar-refractivity contribution in [2.24, 2.45) is 0 Å². The number of aryl methyl sites for hydroxylation is 1. The quantitative estimate of drug-likeness (QED) is 0.806. The molecule has 0 aliphatic rings. The SMILES string of the molecule is CCc1nnc(Cl)n1-c1cc(C(F)(F)F)ccc1Br. The predicted octanol–water partition coefficient (Wildman–Crippen LogP) is 4.26. The van der Waals surface area contributed by atoms with E-state index in [0.717, 1.165) is 12.1 Å². The molecule has 0 bridgehead atoms. The first-order valence-corrected chi connectivity index (χ1v) is 6.48. The van der Waals surface area contributed by atoms with Gasteiger partial charge in [0, 0.05) is 10.9 Å². The Morgan fingerprint density at radius 1 is 1.32 bits per heavy atom. The van der Waals surface area contributed by atoms with E-state index in [0.29, 0.717) is 16.7 Å². The van der Waals surface area contributed by atoms with E-state index in [4.69, 9.17) is 11.6 Å². The van der Waals surface area contributed by atoms with E-state index in [9.17, 15) is 13.2 Å². The molecule has 2 rings (SSSR count). The van der Waals surface area contributed by atoms with Gasteiger partial charge in [0.2, 0.25) is 5.28 Å². The maximum absolute atomic E-state index is 12.7. The van der Waals surface area contributed by atoms with Crippen LogP contribution in [-0.4, -0.2) is 14.8 Å². The molecule has 0 saturated heterocycles. The molecule has 0 amide bonds. The van der Waals surface area contributed by atoms with Gasteiger partial charge in [0.15, 0.2) is 0 Å². The highest BCUT2D eigenvalue weighted by Crippen LogP contribution is 2.34. The van der Waals surface area contributed by atoms with E-state index < -0.39 is 11.7 Å². The molecule has 0 fully saturated rings. The minimum atomic E-state index is -4.41. The molecular weight excluding hydrogens is 346 g/mol. The fourth-order valence-corrected chi connectivity index (χ4v) is 2.27. The maximum atomic E-state index is 12.7. The van der Waals surface area contributed by atoms with Gasteiger partial charge in [-0.1, -0.05) is 6.92 Å². The van der Waals surface area contributed by atoms with Crippen LogP contribution in [0.25, 0.3) is 5.69 Å².